The highest BCUT2D eigenvalue weighted by atomic mass is 15.2. The maximum absolute atomic E-state index is 3.79. The Hall–Kier alpha value is -0.860. The molecular weight excluding hydrogens is 244 g/mol. The van der Waals surface area contributed by atoms with Crippen LogP contribution in [0.2, 0.25) is 0 Å². The van der Waals surface area contributed by atoms with Crippen molar-refractivity contribution in [2.75, 3.05) is 20.1 Å². The van der Waals surface area contributed by atoms with Crippen molar-refractivity contribution >= 4 is 0 Å². The maximum Gasteiger partial charge on any atom is 0.0324 e. The highest BCUT2D eigenvalue weighted by Gasteiger charge is 2.32. The second-order valence-electron chi connectivity index (χ2n) is 7.23. The predicted molar refractivity (Wildman–Crippen MR) is 85.1 cm³/mol. The first-order valence-electron chi connectivity index (χ1n) is 8.11. The van der Waals surface area contributed by atoms with Gasteiger partial charge in [0.15, 0.2) is 0 Å². The molecule has 0 spiro atoms. The Balaban J connectivity index is 1.62. The number of nitrogens with one attached hydrogen (secondary N) is 1. The number of nitrogens with zero attached hydrogens (tertiary/aromatic N) is 1. The molecule has 1 aromatic rings. The minimum atomic E-state index is 0.333. The van der Waals surface area contributed by atoms with Gasteiger partial charge in [-0.05, 0) is 49.3 Å². The van der Waals surface area contributed by atoms with Crippen molar-refractivity contribution in [3.63, 3.8) is 0 Å². The summed E-state index contributed by atoms with van der Waals surface area (Å²) in [5, 5.41) is 3.79. The van der Waals surface area contributed by atoms with E-state index in [-0.39, 0.29) is 0 Å². The molecule has 110 valence electrons. The zero-order valence-corrected chi connectivity index (χ0v) is 13.2. The third-order valence-electron chi connectivity index (χ3n) is 5.15. The van der Waals surface area contributed by atoms with Gasteiger partial charge in [0.25, 0.3) is 0 Å². The molecule has 1 aromatic carbocycles. The highest BCUT2D eigenvalue weighted by Crippen LogP contribution is 2.41. The molecule has 2 aliphatic carbocycles. The summed E-state index contributed by atoms with van der Waals surface area (Å²) in [6.45, 7) is 7.03. The van der Waals surface area contributed by atoms with Crippen molar-refractivity contribution in [1.82, 2.24) is 10.2 Å². The zero-order valence-electron chi connectivity index (χ0n) is 13.2. The summed E-state index contributed by atoms with van der Waals surface area (Å²) in [5.41, 5.74) is 3.40. The van der Waals surface area contributed by atoms with Crippen LogP contribution in [0.3, 0.4) is 0 Å². The number of fused-ring (bicyclic) bond motifs is 1. The van der Waals surface area contributed by atoms with Crippen LogP contribution in [0.5, 0.6) is 0 Å². The summed E-state index contributed by atoms with van der Waals surface area (Å²) in [5.74, 6) is 0. The van der Waals surface area contributed by atoms with Crippen LogP contribution >= 0.6 is 0 Å². The van der Waals surface area contributed by atoms with Crippen molar-refractivity contribution in [3.8, 4) is 0 Å². The summed E-state index contributed by atoms with van der Waals surface area (Å²) < 4.78 is 0. The van der Waals surface area contributed by atoms with E-state index in [4.69, 9.17) is 0 Å². The fourth-order valence-corrected chi connectivity index (χ4v) is 3.54. The molecule has 3 rings (SSSR count). The molecule has 1 N–H and O–H groups in total. The van der Waals surface area contributed by atoms with E-state index in [2.05, 4.69) is 55.4 Å². The molecule has 2 heteroatoms. The van der Waals surface area contributed by atoms with E-state index in [1.807, 2.05) is 0 Å². The van der Waals surface area contributed by atoms with Crippen LogP contribution in [0.15, 0.2) is 24.3 Å². The average molecular weight is 272 g/mol. The van der Waals surface area contributed by atoms with Gasteiger partial charge in [0, 0.05) is 25.2 Å². The van der Waals surface area contributed by atoms with Crippen LogP contribution in [0.1, 0.15) is 56.7 Å². The largest absolute Gasteiger partial charge is 0.309 e. The Morgan fingerprint density at radius 3 is 2.70 bits per heavy atom. The Bertz CT molecular complexity index is 462. The molecule has 0 radical (unpaired) electrons. The smallest absolute Gasteiger partial charge is 0.0324 e. The van der Waals surface area contributed by atoms with Crippen molar-refractivity contribution < 1.29 is 0 Å². The molecule has 1 unspecified atom stereocenters. The predicted octanol–water partition coefficient (Wildman–Crippen LogP) is 3.48. The third kappa shape index (κ3) is 2.91. The van der Waals surface area contributed by atoms with Crippen LogP contribution in [-0.4, -0.2) is 31.1 Å². The van der Waals surface area contributed by atoms with Gasteiger partial charge < -0.3 is 10.2 Å². The van der Waals surface area contributed by atoms with Crippen LogP contribution in [0.25, 0.3) is 0 Å². The van der Waals surface area contributed by atoms with Gasteiger partial charge in [0.05, 0.1) is 0 Å². The van der Waals surface area contributed by atoms with Crippen LogP contribution in [0, 0.1) is 0 Å². The van der Waals surface area contributed by atoms with E-state index in [0.717, 1.165) is 12.6 Å². The molecule has 0 aliphatic heterocycles. The van der Waals surface area contributed by atoms with E-state index in [0.29, 0.717) is 11.5 Å². The minimum absolute atomic E-state index is 0.333. The Kier molecular flexibility index (Phi) is 3.87. The lowest BCUT2D eigenvalue weighted by atomic mass is 9.71. The van der Waals surface area contributed by atoms with Crippen molar-refractivity contribution in [2.45, 2.75) is 57.0 Å². The lowest BCUT2D eigenvalue weighted by Crippen LogP contribution is -2.36. The van der Waals surface area contributed by atoms with Gasteiger partial charge in [-0.15, -0.1) is 0 Å². The molecule has 1 fully saturated rings. The lowest BCUT2D eigenvalue weighted by Gasteiger charge is -2.37. The normalized spacial score (nSPS) is 24.7. The zero-order chi connectivity index (χ0) is 14.2. The van der Waals surface area contributed by atoms with Gasteiger partial charge in [0.1, 0.15) is 0 Å². The molecule has 0 aromatic heterocycles. The molecule has 0 heterocycles. The quantitative estimate of drug-likeness (QED) is 0.883. The van der Waals surface area contributed by atoms with Crippen LogP contribution in [-0.2, 0) is 5.41 Å². The van der Waals surface area contributed by atoms with Gasteiger partial charge in [-0.1, -0.05) is 38.1 Å². The molecule has 0 bridgehead atoms. The SMILES string of the molecule is CN(CCNC1CCC(C)(C)c2ccccc21)C1CC1. The lowest BCUT2D eigenvalue weighted by molar-refractivity contribution is 0.300. The Morgan fingerprint density at radius 2 is 1.95 bits per heavy atom. The second-order valence-corrected chi connectivity index (χ2v) is 7.23. The molecule has 20 heavy (non-hydrogen) atoms. The van der Waals surface area contributed by atoms with Crippen LogP contribution in [0.4, 0.5) is 0 Å². The molecule has 2 aliphatic rings. The fraction of sp³-hybridized carbons (Fsp3) is 0.667. The van der Waals surface area contributed by atoms with E-state index in [1.54, 1.807) is 5.56 Å². The van der Waals surface area contributed by atoms with Gasteiger partial charge in [-0.3, -0.25) is 0 Å². The van der Waals surface area contributed by atoms with E-state index < -0.39 is 0 Å². The van der Waals surface area contributed by atoms with Gasteiger partial charge >= 0.3 is 0 Å². The van der Waals surface area contributed by atoms with Crippen molar-refractivity contribution in [3.05, 3.63) is 35.4 Å². The highest BCUT2D eigenvalue weighted by molar-refractivity contribution is 5.38. The number of hydrogen-bond donors (Lipinski definition) is 1. The van der Waals surface area contributed by atoms with E-state index >= 15 is 0 Å². The number of hydrogen-bond acceptors (Lipinski definition) is 2. The molecule has 0 saturated heterocycles. The molecule has 2 nitrogen and oxygen atoms in total. The summed E-state index contributed by atoms with van der Waals surface area (Å²) >= 11 is 0. The van der Waals surface area contributed by atoms with Gasteiger partial charge in [-0.2, -0.15) is 0 Å². The van der Waals surface area contributed by atoms with Gasteiger partial charge in [0.2, 0.25) is 0 Å². The number of likely N-dealkylation sites (N-methyl/N-ethyl adjacent to an activating group) is 1. The number of benzene rings is 1. The summed E-state index contributed by atoms with van der Waals surface area (Å²) in [6.07, 6.45) is 5.34. The van der Waals surface area contributed by atoms with Crippen molar-refractivity contribution in [2.24, 2.45) is 0 Å². The molecule has 1 saturated carbocycles. The Labute approximate surface area is 123 Å². The van der Waals surface area contributed by atoms with Crippen molar-refractivity contribution in [1.29, 1.82) is 0 Å². The summed E-state index contributed by atoms with van der Waals surface area (Å²) in [7, 11) is 2.26. The van der Waals surface area contributed by atoms with E-state index in [9.17, 15) is 0 Å². The minimum Gasteiger partial charge on any atom is -0.309 e. The molecule has 0 amide bonds. The molecule has 1 atom stereocenters. The van der Waals surface area contributed by atoms with Crippen LogP contribution < -0.4 is 5.32 Å². The van der Waals surface area contributed by atoms with E-state index in [1.165, 1.54) is 37.8 Å². The Morgan fingerprint density at radius 1 is 1.20 bits per heavy atom. The average Bonchev–Trinajstić information content (AvgIpc) is 3.26. The third-order valence-corrected chi connectivity index (χ3v) is 5.15. The monoisotopic (exact) mass is 272 g/mol. The first-order valence-corrected chi connectivity index (χ1v) is 8.11. The summed E-state index contributed by atoms with van der Waals surface area (Å²) in [4.78, 5) is 2.51. The fourth-order valence-electron chi connectivity index (χ4n) is 3.54. The van der Waals surface area contributed by atoms with Gasteiger partial charge in [-0.25, -0.2) is 0 Å². The first kappa shape index (κ1) is 14.1. The summed E-state index contributed by atoms with van der Waals surface area (Å²) in [6, 6.07) is 10.4. The second kappa shape index (κ2) is 5.50. The topological polar surface area (TPSA) is 15.3 Å². The first-order chi connectivity index (χ1) is 9.58. The standard InChI is InChI=1S/C18H28N2/c1-18(2)11-10-17(15-6-4-5-7-16(15)18)19-12-13-20(3)14-8-9-14/h4-7,14,17,19H,8-13H2,1-3H3. The number of rotatable bonds is 5. The molecular formula is C18H28N2. The maximum atomic E-state index is 3.79.